The van der Waals surface area contributed by atoms with Crippen LogP contribution < -0.4 is 0 Å². The van der Waals surface area contributed by atoms with Gasteiger partial charge in [0.1, 0.15) is 5.78 Å². The second kappa shape index (κ2) is 9.81. The van der Waals surface area contributed by atoms with E-state index < -0.39 is 0 Å². The van der Waals surface area contributed by atoms with E-state index in [4.69, 9.17) is 4.74 Å². The van der Waals surface area contributed by atoms with Gasteiger partial charge in [-0.1, -0.05) is 52.2 Å². The number of hydrogen-bond acceptors (Lipinski definition) is 3. The van der Waals surface area contributed by atoms with Crippen LogP contribution >= 0.6 is 0 Å². The summed E-state index contributed by atoms with van der Waals surface area (Å²) in [5.41, 5.74) is 0. The van der Waals surface area contributed by atoms with Crippen LogP contribution in [-0.4, -0.2) is 18.4 Å². The van der Waals surface area contributed by atoms with E-state index in [-0.39, 0.29) is 30.0 Å². The molecule has 1 aliphatic carbocycles. The van der Waals surface area contributed by atoms with Crippen LogP contribution in [0, 0.1) is 23.7 Å². The van der Waals surface area contributed by atoms with Gasteiger partial charge in [0, 0.05) is 12.3 Å². The van der Waals surface area contributed by atoms with E-state index in [9.17, 15) is 9.59 Å². The fraction of sp³-hybridized carbons (Fsp3) is 0.789. The summed E-state index contributed by atoms with van der Waals surface area (Å²) in [6.07, 6.45) is 10.2. The monoisotopic (exact) mass is 308 g/mol. The molecule has 0 amide bonds. The Balaban J connectivity index is 2.60. The molecule has 1 rings (SSSR count). The molecule has 0 unspecified atom stereocenters. The molecule has 0 radical (unpaired) electrons. The van der Waals surface area contributed by atoms with Gasteiger partial charge in [0.05, 0.1) is 13.0 Å². The van der Waals surface area contributed by atoms with Crippen molar-refractivity contribution in [3.63, 3.8) is 0 Å². The molecule has 3 heteroatoms. The van der Waals surface area contributed by atoms with E-state index in [1.807, 2.05) is 0 Å². The molecule has 0 saturated heterocycles. The van der Waals surface area contributed by atoms with Gasteiger partial charge in [0.25, 0.3) is 0 Å². The second-order valence-electron chi connectivity index (χ2n) is 6.70. The number of Topliss-reactive ketones (excluding diaryl/α,β-unsaturated/α-hetero) is 1. The Morgan fingerprint density at radius 1 is 1.36 bits per heavy atom. The Morgan fingerprint density at radius 3 is 2.73 bits per heavy atom. The quantitative estimate of drug-likeness (QED) is 0.356. The van der Waals surface area contributed by atoms with Gasteiger partial charge >= 0.3 is 5.97 Å². The molecular formula is C19H32O3. The average Bonchev–Trinajstić information content (AvgIpc) is 2.71. The Hall–Kier alpha value is -1.12. The smallest absolute Gasteiger partial charge is 0.306 e. The van der Waals surface area contributed by atoms with Crippen LogP contribution in [0.25, 0.3) is 0 Å². The van der Waals surface area contributed by atoms with Crippen molar-refractivity contribution >= 4 is 11.8 Å². The largest absolute Gasteiger partial charge is 0.466 e. The highest BCUT2D eigenvalue weighted by Gasteiger charge is 2.39. The van der Waals surface area contributed by atoms with Crippen LogP contribution in [0.5, 0.6) is 0 Å². The zero-order valence-corrected chi connectivity index (χ0v) is 14.6. The normalized spacial score (nSPS) is 26.5. The van der Waals surface area contributed by atoms with Crippen molar-refractivity contribution in [2.45, 2.75) is 66.2 Å². The lowest BCUT2D eigenvalue weighted by atomic mass is 9.86. The van der Waals surface area contributed by atoms with E-state index in [1.165, 1.54) is 25.7 Å². The molecule has 3 nitrogen and oxygen atoms in total. The van der Waals surface area contributed by atoms with Gasteiger partial charge in [0.15, 0.2) is 0 Å². The lowest BCUT2D eigenvalue weighted by Gasteiger charge is -2.18. The van der Waals surface area contributed by atoms with Crippen LogP contribution in [0.3, 0.4) is 0 Å². The standard InChI is InChI=1S/C19H32O3/c1-5-7-8-9-14(3)10-11-16-15(4)12-18(20)17(16)13-19(21)22-6-2/h10-11,14-17H,5-9,12-13H2,1-4H3/b11-10+/t14-,15+,16-,17+/m0/s1. The first-order valence-electron chi connectivity index (χ1n) is 8.86. The van der Waals surface area contributed by atoms with Crippen molar-refractivity contribution in [1.29, 1.82) is 0 Å². The van der Waals surface area contributed by atoms with Gasteiger partial charge in [-0.3, -0.25) is 9.59 Å². The summed E-state index contributed by atoms with van der Waals surface area (Å²) >= 11 is 0. The van der Waals surface area contributed by atoms with E-state index in [2.05, 4.69) is 32.9 Å². The molecule has 126 valence electrons. The summed E-state index contributed by atoms with van der Waals surface area (Å²) in [4.78, 5) is 23.9. The SMILES string of the molecule is CCCCC[C@H](C)/C=C/[C@H]1[C@H](C)CC(=O)[C@@H]1CC(=O)OCC. The number of rotatable bonds is 9. The summed E-state index contributed by atoms with van der Waals surface area (Å²) in [6, 6.07) is 0. The molecule has 4 atom stereocenters. The molecule has 22 heavy (non-hydrogen) atoms. The average molecular weight is 308 g/mol. The molecule has 0 N–H and O–H groups in total. The third-order valence-electron chi connectivity index (χ3n) is 4.68. The van der Waals surface area contributed by atoms with Gasteiger partial charge in [-0.2, -0.15) is 0 Å². The lowest BCUT2D eigenvalue weighted by molar-refractivity contribution is -0.146. The minimum atomic E-state index is -0.246. The summed E-state index contributed by atoms with van der Waals surface area (Å²) in [5, 5.41) is 0. The molecular weight excluding hydrogens is 276 g/mol. The van der Waals surface area contributed by atoms with Crippen molar-refractivity contribution in [3.8, 4) is 0 Å². The van der Waals surface area contributed by atoms with Crippen molar-refractivity contribution in [3.05, 3.63) is 12.2 Å². The van der Waals surface area contributed by atoms with Crippen LogP contribution in [0.2, 0.25) is 0 Å². The lowest BCUT2D eigenvalue weighted by Crippen LogP contribution is -2.20. The van der Waals surface area contributed by atoms with E-state index in [1.54, 1.807) is 6.92 Å². The molecule has 0 aromatic heterocycles. The van der Waals surface area contributed by atoms with Gasteiger partial charge in [-0.05, 0) is 31.1 Å². The van der Waals surface area contributed by atoms with Crippen LogP contribution in [0.1, 0.15) is 66.2 Å². The highest BCUT2D eigenvalue weighted by molar-refractivity contribution is 5.88. The molecule has 0 aliphatic heterocycles. The maximum absolute atomic E-state index is 12.1. The van der Waals surface area contributed by atoms with Crippen LogP contribution in [0.4, 0.5) is 0 Å². The zero-order chi connectivity index (χ0) is 16.5. The summed E-state index contributed by atoms with van der Waals surface area (Å²) in [7, 11) is 0. The number of carbonyl (C=O) groups is 2. The third kappa shape index (κ3) is 5.94. The first-order valence-corrected chi connectivity index (χ1v) is 8.86. The van der Waals surface area contributed by atoms with Gasteiger partial charge in [0.2, 0.25) is 0 Å². The minimum Gasteiger partial charge on any atom is -0.466 e. The molecule has 0 bridgehead atoms. The fourth-order valence-electron chi connectivity index (χ4n) is 3.32. The molecule has 0 heterocycles. The molecule has 1 fully saturated rings. The van der Waals surface area contributed by atoms with Crippen LogP contribution in [0.15, 0.2) is 12.2 Å². The van der Waals surface area contributed by atoms with Gasteiger partial charge < -0.3 is 4.74 Å². The zero-order valence-electron chi connectivity index (χ0n) is 14.6. The predicted molar refractivity (Wildman–Crippen MR) is 89.5 cm³/mol. The van der Waals surface area contributed by atoms with E-state index in [0.29, 0.717) is 24.9 Å². The van der Waals surface area contributed by atoms with Gasteiger partial charge in [-0.15, -0.1) is 0 Å². The topological polar surface area (TPSA) is 43.4 Å². The van der Waals surface area contributed by atoms with Crippen molar-refractivity contribution in [2.24, 2.45) is 23.7 Å². The number of carbonyl (C=O) groups excluding carboxylic acids is 2. The summed E-state index contributed by atoms with van der Waals surface area (Å²) < 4.78 is 5.01. The maximum Gasteiger partial charge on any atom is 0.306 e. The second-order valence-corrected chi connectivity index (χ2v) is 6.70. The number of unbranched alkanes of at least 4 members (excludes halogenated alkanes) is 2. The number of esters is 1. The maximum atomic E-state index is 12.1. The first kappa shape index (κ1) is 18.9. The highest BCUT2D eigenvalue weighted by atomic mass is 16.5. The van der Waals surface area contributed by atoms with Crippen molar-refractivity contribution in [1.82, 2.24) is 0 Å². The molecule has 1 saturated carbocycles. The predicted octanol–water partition coefficient (Wildman–Crippen LogP) is 4.55. The first-order chi connectivity index (χ1) is 10.5. The molecule has 0 aromatic rings. The molecule has 0 spiro atoms. The number of ketones is 1. The molecule has 0 aromatic carbocycles. The van der Waals surface area contributed by atoms with E-state index >= 15 is 0 Å². The van der Waals surface area contributed by atoms with Gasteiger partial charge in [-0.25, -0.2) is 0 Å². The number of hydrogen-bond donors (Lipinski definition) is 0. The Morgan fingerprint density at radius 2 is 2.09 bits per heavy atom. The Kier molecular flexibility index (Phi) is 8.44. The van der Waals surface area contributed by atoms with Crippen molar-refractivity contribution < 1.29 is 14.3 Å². The molecule has 1 aliphatic rings. The van der Waals surface area contributed by atoms with E-state index in [0.717, 1.165) is 0 Å². The van der Waals surface area contributed by atoms with Crippen molar-refractivity contribution in [2.75, 3.05) is 6.61 Å². The minimum absolute atomic E-state index is 0.186. The third-order valence-corrected chi connectivity index (χ3v) is 4.68. The Labute approximate surface area is 135 Å². The highest BCUT2D eigenvalue weighted by Crippen LogP contribution is 2.37. The number of ether oxygens (including phenoxy) is 1. The fourth-order valence-corrected chi connectivity index (χ4v) is 3.32. The van der Waals surface area contributed by atoms with Crippen LogP contribution in [-0.2, 0) is 14.3 Å². The Bertz CT molecular complexity index is 386. The summed E-state index contributed by atoms with van der Waals surface area (Å²) in [6.45, 7) is 8.73. The summed E-state index contributed by atoms with van der Waals surface area (Å²) in [5.74, 6) is 0.834. The number of allylic oxidation sites excluding steroid dienone is 2.